The van der Waals surface area contributed by atoms with Gasteiger partial charge in [-0.25, -0.2) is 0 Å². The van der Waals surface area contributed by atoms with Crippen molar-refractivity contribution in [3.8, 4) is 11.5 Å². The fourth-order valence-corrected chi connectivity index (χ4v) is 4.88. The van der Waals surface area contributed by atoms with Crippen molar-refractivity contribution in [3.63, 3.8) is 0 Å². The smallest absolute Gasteiger partial charge is 0.257 e. The van der Waals surface area contributed by atoms with Crippen molar-refractivity contribution in [1.29, 1.82) is 0 Å². The van der Waals surface area contributed by atoms with Crippen molar-refractivity contribution in [3.05, 3.63) is 48.5 Å². The van der Waals surface area contributed by atoms with E-state index in [0.29, 0.717) is 31.7 Å². The fraction of sp³-hybridized carbons (Fsp3) is 0.300. The predicted molar refractivity (Wildman–Crippen MR) is 103 cm³/mol. The molecule has 2 aliphatic heterocycles. The van der Waals surface area contributed by atoms with Crippen molar-refractivity contribution in [1.82, 2.24) is 5.32 Å². The minimum absolute atomic E-state index is 0.00270. The van der Waals surface area contributed by atoms with Crippen molar-refractivity contribution in [2.75, 3.05) is 25.2 Å². The Bertz CT molecular complexity index is 871. The van der Waals surface area contributed by atoms with E-state index in [0.717, 1.165) is 16.3 Å². The maximum Gasteiger partial charge on any atom is 0.257 e. The number of carbonyl (C=O) groups is 2. The first-order chi connectivity index (χ1) is 13.1. The second-order valence-electron chi connectivity index (χ2n) is 6.36. The minimum atomic E-state index is -0.874. The molecule has 1 N–H and O–H groups in total. The number of amides is 2. The first kappa shape index (κ1) is 17.7. The minimum Gasteiger partial charge on any atom is -0.497 e. The Morgan fingerprint density at radius 2 is 1.93 bits per heavy atom. The molecule has 2 aromatic rings. The summed E-state index contributed by atoms with van der Waals surface area (Å²) in [5, 5.41) is 2.93. The molecule has 4 rings (SSSR count). The number of hydrogen-bond donors (Lipinski definition) is 1. The van der Waals surface area contributed by atoms with Gasteiger partial charge in [0.25, 0.3) is 5.91 Å². The standard InChI is InChI=1S/C20H20N2O4S/c1-25-14-6-8-15(9-7-14)26-13-12-21-19(24)20-11-10-18(23)22(20)16-4-2-3-5-17(16)27-20/h2-9H,10-13H2,1H3,(H,21,24). The molecule has 2 heterocycles. The van der Waals surface area contributed by atoms with Gasteiger partial charge in [0.2, 0.25) is 5.91 Å². The highest BCUT2D eigenvalue weighted by Gasteiger charge is 2.57. The van der Waals surface area contributed by atoms with E-state index in [9.17, 15) is 9.59 Å². The highest BCUT2D eigenvalue weighted by molar-refractivity contribution is 8.02. The predicted octanol–water partition coefficient (Wildman–Crippen LogP) is 2.82. The summed E-state index contributed by atoms with van der Waals surface area (Å²) in [5.41, 5.74) is 0.828. The average Bonchev–Trinajstić information content (AvgIpc) is 3.21. The molecule has 1 unspecified atom stereocenters. The van der Waals surface area contributed by atoms with E-state index in [1.165, 1.54) is 11.8 Å². The van der Waals surface area contributed by atoms with Crippen LogP contribution in [0.15, 0.2) is 53.4 Å². The van der Waals surface area contributed by atoms with Gasteiger partial charge >= 0.3 is 0 Å². The van der Waals surface area contributed by atoms with Gasteiger partial charge in [-0.05, 0) is 42.8 Å². The Kier molecular flexibility index (Phi) is 4.70. The summed E-state index contributed by atoms with van der Waals surface area (Å²) >= 11 is 1.46. The van der Waals surface area contributed by atoms with Crippen molar-refractivity contribution >= 4 is 29.3 Å². The lowest BCUT2D eigenvalue weighted by Gasteiger charge is -2.29. The van der Waals surface area contributed by atoms with Crippen molar-refractivity contribution in [2.24, 2.45) is 0 Å². The molecular formula is C20H20N2O4S. The molecule has 2 amide bonds. The number of thioether (sulfide) groups is 1. The number of methoxy groups -OCH3 is 1. The van der Waals surface area contributed by atoms with Gasteiger partial charge in [0, 0.05) is 11.3 Å². The Balaban J connectivity index is 1.37. The molecule has 6 nitrogen and oxygen atoms in total. The summed E-state index contributed by atoms with van der Waals surface area (Å²) in [6.07, 6.45) is 0.896. The monoisotopic (exact) mass is 384 g/mol. The van der Waals surface area contributed by atoms with E-state index in [-0.39, 0.29) is 11.8 Å². The first-order valence-corrected chi connectivity index (χ1v) is 9.62. The molecule has 0 radical (unpaired) electrons. The number of nitrogens with zero attached hydrogens (tertiary/aromatic N) is 1. The molecule has 2 aliphatic rings. The molecule has 2 aromatic carbocycles. The molecule has 0 bridgehead atoms. The third-order valence-corrected chi connectivity index (χ3v) is 6.22. The first-order valence-electron chi connectivity index (χ1n) is 8.80. The van der Waals surface area contributed by atoms with Gasteiger partial charge in [-0.3, -0.25) is 14.5 Å². The van der Waals surface area contributed by atoms with E-state index in [1.54, 1.807) is 12.0 Å². The van der Waals surface area contributed by atoms with Gasteiger partial charge in [0.1, 0.15) is 18.1 Å². The topological polar surface area (TPSA) is 67.9 Å². The maximum absolute atomic E-state index is 13.0. The van der Waals surface area contributed by atoms with Gasteiger partial charge in [0.15, 0.2) is 4.87 Å². The third kappa shape index (κ3) is 3.12. The summed E-state index contributed by atoms with van der Waals surface area (Å²) in [5.74, 6) is 1.33. The number of nitrogens with one attached hydrogen (secondary N) is 1. The van der Waals surface area contributed by atoms with Crippen LogP contribution in [0.4, 0.5) is 5.69 Å². The summed E-state index contributed by atoms with van der Waals surface area (Å²) < 4.78 is 10.8. The van der Waals surface area contributed by atoms with Crippen LogP contribution in [0.3, 0.4) is 0 Å². The Morgan fingerprint density at radius 1 is 1.19 bits per heavy atom. The van der Waals surface area contributed by atoms with Crippen LogP contribution in [0.25, 0.3) is 0 Å². The van der Waals surface area contributed by atoms with Crippen LogP contribution in [0.5, 0.6) is 11.5 Å². The van der Waals surface area contributed by atoms with Gasteiger partial charge in [-0.1, -0.05) is 23.9 Å². The van der Waals surface area contributed by atoms with Gasteiger partial charge in [-0.15, -0.1) is 0 Å². The molecule has 7 heteroatoms. The molecule has 0 spiro atoms. The summed E-state index contributed by atoms with van der Waals surface area (Å²) in [6, 6.07) is 14.9. The Labute approximate surface area is 161 Å². The number of rotatable bonds is 6. The molecule has 1 saturated heterocycles. The molecule has 27 heavy (non-hydrogen) atoms. The number of fused-ring (bicyclic) bond motifs is 3. The Hall–Kier alpha value is -2.67. The molecule has 0 saturated carbocycles. The number of ether oxygens (including phenoxy) is 2. The SMILES string of the molecule is COc1ccc(OCCNC(=O)C23CCC(=O)N2c2ccccc2S3)cc1. The number of carbonyl (C=O) groups excluding carboxylic acids is 2. The van der Waals surface area contributed by atoms with Gasteiger partial charge < -0.3 is 14.8 Å². The summed E-state index contributed by atoms with van der Waals surface area (Å²) in [7, 11) is 1.61. The van der Waals surface area contributed by atoms with Gasteiger partial charge in [-0.2, -0.15) is 0 Å². The van der Waals surface area contributed by atoms with Crippen molar-refractivity contribution in [2.45, 2.75) is 22.6 Å². The largest absolute Gasteiger partial charge is 0.497 e. The molecular weight excluding hydrogens is 364 g/mol. The zero-order chi connectivity index (χ0) is 18.9. The summed E-state index contributed by atoms with van der Waals surface area (Å²) in [4.78, 5) is 27.1. The van der Waals surface area contributed by atoms with E-state index < -0.39 is 4.87 Å². The van der Waals surface area contributed by atoms with E-state index in [2.05, 4.69) is 5.32 Å². The fourth-order valence-electron chi connectivity index (χ4n) is 3.44. The van der Waals surface area contributed by atoms with Crippen LogP contribution in [-0.4, -0.2) is 36.9 Å². The van der Waals surface area contributed by atoms with Crippen LogP contribution in [0.1, 0.15) is 12.8 Å². The second kappa shape index (κ2) is 7.15. The van der Waals surface area contributed by atoms with E-state index in [4.69, 9.17) is 9.47 Å². The number of anilines is 1. The van der Waals surface area contributed by atoms with Crippen LogP contribution in [0, 0.1) is 0 Å². The maximum atomic E-state index is 13.0. The number of benzene rings is 2. The molecule has 0 aliphatic carbocycles. The second-order valence-corrected chi connectivity index (χ2v) is 7.68. The lowest BCUT2D eigenvalue weighted by Crippen LogP contribution is -2.53. The summed E-state index contributed by atoms with van der Waals surface area (Å²) in [6.45, 7) is 0.714. The Morgan fingerprint density at radius 3 is 2.70 bits per heavy atom. The van der Waals surface area contributed by atoms with E-state index in [1.807, 2.05) is 48.5 Å². The van der Waals surface area contributed by atoms with Crippen LogP contribution >= 0.6 is 11.8 Å². The lowest BCUT2D eigenvalue weighted by atomic mass is 10.2. The number of hydrogen-bond acceptors (Lipinski definition) is 5. The zero-order valence-electron chi connectivity index (χ0n) is 14.9. The van der Waals surface area contributed by atoms with Crippen LogP contribution in [-0.2, 0) is 9.59 Å². The highest BCUT2D eigenvalue weighted by Crippen LogP contribution is 2.55. The molecule has 1 fully saturated rings. The average molecular weight is 384 g/mol. The lowest BCUT2D eigenvalue weighted by molar-refractivity contribution is -0.124. The molecule has 0 aromatic heterocycles. The quantitative estimate of drug-likeness (QED) is 0.776. The third-order valence-electron chi connectivity index (χ3n) is 4.74. The normalized spacial score (nSPS) is 20.2. The van der Waals surface area contributed by atoms with Crippen LogP contribution < -0.4 is 19.7 Å². The molecule has 140 valence electrons. The zero-order valence-corrected chi connectivity index (χ0v) is 15.8. The van der Waals surface area contributed by atoms with E-state index >= 15 is 0 Å². The number of para-hydroxylation sites is 1. The van der Waals surface area contributed by atoms with Crippen LogP contribution in [0.2, 0.25) is 0 Å². The highest BCUT2D eigenvalue weighted by atomic mass is 32.2. The molecule has 1 atom stereocenters. The van der Waals surface area contributed by atoms with Crippen molar-refractivity contribution < 1.29 is 19.1 Å². The van der Waals surface area contributed by atoms with Gasteiger partial charge in [0.05, 0.1) is 19.3 Å².